The SMILES string of the molecule is CCC1CCCCC1NCC(=O)NCC(F)(F)F. The van der Waals surface area contributed by atoms with E-state index in [4.69, 9.17) is 0 Å². The minimum absolute atomic E-state index is 0.0305. The Kier molecular flexibility index (Phi) is 5.91. The molecule has 0 aromatic heterocycles. The van der Waals surface area contributed by atoms with Gasteiger partial charge in [0.25, 0.3) is 0 Å². The second-order valence-electron chi connectivity index (χ2n) is 4.83. The second-order valence-corrected chi connectivity index (χ2v) is 4.83. The first-order valence-electron chi connectivity index (χ1n) is 6.49. The minimum Gasteiger partial charge on any atom is -0.346 e. The molecule has 1 amide bonds. The van der Waals surface area contributed by atoms with Gasteiger partial charge in [-0.05, 0) is 18.8 Å². The molecule has 1 aliphatic carbocycles. The number of halogens is 3. The number of amides is 1. The van der Waals surface area contributed by atoms with Crippen molar-refractivity contribution in [2.45, 2.75) is 51.2 Å². The third-order valence-electron chi connectivity index (χ3n) is 3.44. The lowest BCUT2D eigenvalue weighted by molar-refractivity contribution is -0.138. The maximum absolute atomic E-state index is 11.9. The standard InChI is InChI=1S/C12H21F3N2O/c1-2-9-5-3-4-6-10(9)16-7-11(18)17-8-12(13,14)15/h9-10,16H,2-8H2,1H3,(H,17,18). The molecule has 106 valence electrons. The molecule has 1 aliphatic rings. The Bertz CT molecular complexity index is 269. The van der Waals surface area contributed by atoms with Crippen LogP contribution in [0.3, 0.4) is 0 Å². The van der Waals surface area contributed by atoms with Crippen molar-refractivity contribution in [2.24, 2.45) is 5.92 Å². The van der Waals surface area contributed by atoms with E-state index in [9.17, 15) is 18.0 Å². The summed E-state index contributed by atoms with van der Waals surface area (Å²) in [4.78, 5) is 11.3. The Hall–Kier alpha value is -0.780. The first-order chi connectivity index (χ1) is 8.42. The molecule has 0 radical (unpaired) electrons. The Balaban J connectivity index is 2.24. The molecule has 3 nitrogen and oxygen atoms in total. The van der Waals surface area contributed by atoms with Gasteiger partial charge in [-0.25, -0.2) is 0 Å². The van der Waals surface area contributed by atoms with Crippen molar-refractivity contribution in [1.29, 1.82) is 0 Å². The number of hydrogen-bond donors (Lipinski definition) is 2. The monoisotopic (exact) mass is 266 g/mol. The molecule has 2 atom stereocenters. The van der Waals surface area contributed by atoms with Crippen LogP contribution in [0.5, 0.6) is 0 Å². The van der Waals surface area contributed by atoms with Gasteiger partial charge in [-0.3, -0.25) is 4.79 Å². The fourth-order valence-electron chi connectivity index (χ4n) is 2.45. The van der Waals surface area contributed by atoms with Crippen LogP contribution in [0.1, 0.15) is 39.0 Å². The van der Waals surface area contributed by atoms with Crippen molar-refractivity contribution in [2.75, 3.05) is 13.1 Å². The highest BCUT2D eigenvalue weighted by Crippen LogP contribution is 2.26. The van der Waals surface area contributed by atoms with Gasteiger partial charge in [-0.15, -0.1) is 0 Å². The van der Waals surface area contributed by atoms with Gasteiger partial charge in [0.1, 0.15) is 6.54 Å². The van der Waals surface area contributed by atoms with E-state index in [2.05, 4.69) is 12.2 Å². The maximum atomic E-state index is 11.9. The molecule has 0 heterocycles. The predicted octanol–water partition coefficient (Wildman–Crippen LogP) is 2.22. The van der Waals surface area contributed by atoms with Crippen LogP contribution in [0.2, 0.25) is 0 Å². The Morgan fingerprint density at radius 2 is 1.94 bits per heavy atom. The van der Waals surface area contributed by atoms with E-state index in [1.165, 1.54) is 6.42 Å². The third-order valence-corrected chi connectivity index (χ3v) is 3.44. The van der Waals surface area contributed by atoms with Crippen LogP contribution < -0.4 is 10.6 Å². The maximum Gasteiger partial charge on any atom is 0.405 e. The van der Waals surface area contributed by atoms with E-state index in [0.717, 1.165) is 25.7 Å². The zero-order valence-electron chi connectivity index (χ0n) is 10.6. The van der Waals surface area contributed by atoms with Gasteiger partial charge < -0.3 is 10.6 Å². The zero-order chi connectivity index (χ0) is 13.6. The van der Waals surface area contributed by atoms with Crippen LogP contribution in [0.15, 0.2) is 0 Å². The van der Waals surface area contributed by atoms with E-state index in [1.54, 1.807) is 0 Å². The largest absolute Gasteiger partial charge is 0.405 e. The Labute approximate surface area is 106 Å². The molecule has 0 spiro atoms. The highest BCUT2D eigenvalue weighted by molar-refractivity contribution is 5.78. The Morgan fingerprint density at radius 3 is 2.56 bits per heavy atom. The summed E-state index contributed by atoms with van der Waals surface area (Å²) in [6.07, 6.45) is 1.17. The van der Waals surface area contributed by atoms with Crippen molar-refractivity contribution in [1.82, 2.24) is 10.6 Å². The molecular formula is C12H21F3N2O. The molecule has 2 unspecified atom stereocenters. The highest BCUT2D eigenvalue weighted by atomic mass is 19.4. The van der Waals surface area contributed by atoms with Crippen molar-refractivity contribution in [3.63, 3.8) is 0 Å². The first-order valence-corrected chi connectivity index (χ1v) is 6.49. The van der Waals surface area contributed by atoms with Crippen molar-refractivity contribution in [3.8, 4) is 0 Å². The van der Waals surface area contributed by atoms with Crippen molar-refractivity contribution < 1.29 is 18.0 Å². The number of rotatable bonds is 5. The normalized spacial score (nSPS) is 24.9. The molecule has 0 aromatic carbocycles. The van der Waals surface area contributed by atoms with Gasteiger partial charge >= 0.3 is 6.18 Å². The number of hydrogen-bond acceptors (Lipinski definition) is 2. The summed E-state index contributed by atoms with van der Waals surface area (Å²) in [5.41, 5.74) is 0. The summed E-state index contributed by atoms with van der Waals surface area (Å²) < 4.78 is 35.7. The molecule has 1 rings (SSSR count). The van der Waals surface area contributed by atoms with E-state index >= 15 is 0 Å². The zero-order valence-corrected chi connectivity index (χ0v) is 10.6. The first kappa shape index (κ1) is 15.3. The average Bonchev–Trinajstić information content (AvgIpc) is 2.33. The highest BCUT2D eigenvalue weighted by Gasteiger charge is 2.28. The molecule has 6 heteroatoms. The summed E-state index contributed by atoms with van der Waals surface area (Å²) >= 11 is 0. The summed E-state index contributed by atoms with van der Waals surface area (Å²) in [6.45, 7) is 0.820. The number of carbonyl (C=O) groups excluding carboxylic acids is 1. The third kappa shape index (κ3) is 5.71. The van der Waals surface area contributed by atoms with E-state index in [0.29, 0.717) is 5.92 Å². The van der Waals surface area contributed by atoms with Gasteiger partial charge in [0.15, 0.2) is 0 Å². The second kappa shape index (κ2) is 6.97. The quantitative estimate of drug-likeness (QED) is 0.801. The van der Waals surface area contributed by atoms with E-state index in [1.807, 2.05) is 5.32 Å². The molecule has 0 saturated heterocycles. The van der Waals surface area contributed by atoms with Gasteiger partial charge in [0.05, 0.1) is 6.54 Å². The molecule has 0 aliphatic heterocycles. The summed E-state index contributed by atoms with van der Waals surface area (Å²) in [6, 6.07) is 0.264. The van der Waals surface area contributed by atoms with Crippen molar-refractivity contribution >= 4 is 5.91 Å². The van der Waals surface area contributed by atoms with Crippen molar-refractivity contribution in [3.05, 3.63) is 0 Å². The fourth-order valence-corrected chi connectivity index (χ4v) is 2.45. The molecule has 1 fully saturated rings. The predicted molar refractivity (Wildman–Crippen MR) is 63.1 cm³/mol. The average molecular weight is 266 g/mol. The van der Waals surface area contributed by atoms with Gasteiger partial charge in [0.2, 0.25) is 5.91 Å². The fraction of sp³-hybridized carbons (Fsp3) is 0.917. The smallest absolute Gasteiger partial charge is 0.346 e. The lowest BCUT2D eigenvalue weighted by Crippen LogP contribution is -2.45. The Morgan fingerprint density at radius 1 is 1.28 bits per heavy atom. The summed E-state index contributed by atoms with van der Waals surface area (Å²) in [5.74, 6) is -0.0538. The van der Waals surface area contributed by atoms with Crippen LogP contribution in [0.25, 0.3) is 0 Å². The molecule has 1 saturated carbocycles. The van der Waals surface area contributed by atoms with Gasteiger partial charge in [-0.2, -0.15) is 13.2 Å². The molecular weight excluding hydrogens is 245 g/mol. The minimum atomic E-state index is -4.34. The molecule has 0 bridgehead atoms. The van der Waals surface area contributed by atoms with Crippen LogP contribution in [-0.4, -0.2) is 31.2 Å². The number of alkyl halides is 3. The van der Waals surface area contributed by atoms with Crippen LogP contribution >= 0.6 is 0 Å². The van der Waals surface area contributed by atoms with Crippen LogP contribution in [-0.2, 0) is 4.79 Å². The molecule has 0 aromatic rings. The lowest BCUT2D eigenvalue weighted by atomic mass is 9.83. The van der Waals surface area contributed by atoms with Crippen LogP contribution in [0, 0.1) is 5.92 Å². The molecule has 18 heavy (non-hydrogen) atoms. The molecule has 2 N–H and O–H groups in total. The van der Waals surface area contributed by atoms with E-state index < -0.39 is 18.6 Å². The lowest BCUT2D eigenvalue weighted by Gasteiger charge is -2.31. The summed E-state index contributed by atoms with van der Waals surface area (Å²) in [7, 11) is 0. The topological polar surface area (TPSA) is 41.1 Å². The van der Waals surface area contributed by atoms with Gasteiger partial charge in [0, 0.05) is 6.04 Å². The van der Waals surface area contributed by atoms with Crippen LogP contribution in [0.4, 0.5) is 13.2 Å². The summed E-state index contributed by atoms with van der Waals surface area (Å²) in [5, 5.41) is 4.95. The number of carbonyl (C=O) groups is 1. The van der Waals surface area contributed by atoms with Gasteiger partial charge in [-0.1, -0.05) is 26.2 Å². The number of nitrogens with one attached hydrogen (secondary N) is 2. The van der Waals surface area contributed by atoms with E-state index in [-0.39, 0.29) is 12.6 Å².